The highest BCUT2D eigenvalue weighted by Gasteiger charge is 2.18. The average Bonchev–Trinajstić information content (AvgIpc) is 2.86. The summed E-state index contributed by atoms with van der Waals surface area (Å²) in [5, 5.41) is 3.55. The first kappa shape index (κ1) is 16.5. The highest BCUT2D eigenvalue weighted by Crippen LogP contribution is 2.33. The summed E-state index contributed by atoms with van der Waals surface area (Å²) in [5.74, 6) is 0. The van der Waals surface area contributed by atoms with Crippen LogP contribution in [-0.2, 0) is 16.6 Å². The third-order valence-corrected chi connectivity index (χ3v) is 5.03. The molecule has 1 aromatic heterocycles. The molecule has 0 atom stereocenters. The van der Waals surface area contributed by atoms with Crippen LogP contribution in [0.25, 0.3) is 0 Å². The molecule has 0 aliphatic rings. The molecule has 0 spiro atoms. The largest absolute Gasteiger partial charge is 0.363 e. The maximum absolute atomic E-state index is 12.3. The number of hydrogen-bond acceptors (Lipinski definition) is 3. The van der Waals surface area contributed by atoms with Crippen LogP contribution in [0, 0.1) is 0 Å². The van der Waals surface area contributed by atoms with Crippen LogP contribution in [0.15, 0.2) is 29.3 Å². The Balaban J connectivity index is 2.30. The summed E-state index contributed by atoms with van der Waals surface area (Å²) in [4.78, 5) is 2.98. The number of sulfonamides is 1. The Labute approximate surface area is 137 Å². The minimum atomic E-state index is -3.76. The Morgan fingerprint density at radius 2 is 1.76 bits per heavy atom. The van der Waals surface area contributed by atoms with Gasteiger partial charge in [0.15, 0.2) is 0 Å². The molecule has 0 fully saturated rings. The molecule has 0 aliphatic carbocycles. The quantitative estimate of drug-likeness (QED) is 0.707. The second kappa shape index (κ2) is 6.46. The number of aromatic amines is 1. The van der Waals surface area contributed by atoms with Gasteiger partial charge in [-0.25, -0.2) is 8.42 Å². The standard InChI is InChI=1S/C12H12Cl3N3O2S/c1-16-5-7-2-8(6-17-7)21(19,20)18-12-4-10(14)9(13)3-11(12)15/h2-4,6,16-18H,5H2,1H3. The van der Waals surface area contributed by atoms with Crippen LogP contribution in [0.2, 0.25) is 15.1 Å². The van der Waals surface area contributed by atoms with E-state index in [-0.39, 0.29) is 25.7 Å². The van der Waals surface area contributed by atoms with Gasteiger partial charge in [-0.2, -0.15) is 0 Å². The van der Waals surface area contributed by atoms with Crippen LogP contribution in [0.1, 0.15) is 5.69 Å². The van der Waals surface area contributed by atoms with Crippen molar-refractivity contribution in [3.8, 4) is 0 Å². The van der Waals surface area contributed by atoms with Gasteiger partial charge in [-0.05, 0) is 25.2 Å². The van der Waals surface area contributed by atoms with E-state index in [2.05, 4.69) is 15.0 Å². The van der Waals surface area contributed by atoms with Crippen molar-refractivity contribution in [2.45, 2.75) is 11.4 Å². The fourth-order valence-electron chi connectivity index (χ4n) is 1.67. The topological polar surface area (TPSA) is 74.0 Å². The Kier molecular flexibility index (Phi) is 5.06. The summed E-state index contributed by atoms with van der Waals surface area (Å²) in [5.41, 5.74) is 0.917. The van der Waals surface area contributed by atoms with Gasteiger partial charge in [0.1, 0.15) is 4.90 Å². The maximum Gasteiger partial charge on any atom is 0.263 e. The number of H-pyrrole nitrogens is 1. The van der Waals surface area contributed by atoms with E-state index in [1.165, 1.54) is 24.4 Å². The van der Waals surface area contributed by atoms with Crippen molar-refractivity contribution in [2.24, 2.45) is 0 Å². The van der Waals surface area contributed by atoms with Crippen LogP contribution in [0.4, 0.5) is 5.69 Å². The van der Waals surface area contributed by atoms with Crippen molar-refractivity contribution in [3.63, 3.8) is 0 Å². The zero-order valence-electron chi connectivity index (χ0n) is 10.9. The Hall–Kier alpha value is -0.920. The van der Waals surface area contributed by atoms with Gasteiger partial charge in [0.25, 0.3) is 10.0 Å². The van der Waals surface area contributed by atoms with E-state index in [9.17, 15) is 8.42 Å². The highest BCUT2D eigenvalue weighted by molar-refractivity contribution is 7.92. The highest BCUT2D eigenvalue weighted by atomic mass is 35.5. The van der Waals surface area contributed by atoms with Gasteiger partial charge >= 0.3 is 0 Å². The van der Waals surface area contributed by atoms with Crippen molar-refractivity contribution < 1.29 is 8.42 Å². The molecule has 0 aliphatic heterocycles. The third kappa shape index (κ3) is 3.84. The molecule has 9 heteroatoms. The Bertz CT molecular complexity index is 759. The van der Waals surface area contributed by atoms with Gasteiger partial charge < -0.3 is 10.3 Å². The second-order valence-corrected chi connectivity index (χ2v) is 7.15. The van der Waals surface area contributed by atoms with E-state index >= 15 is 0 Å². The normalized spacial score (nSPS) is 11.6. The molecule has 0 saturated heterocycles. The zero-order chi connectivity index (χ0) is 15.6. The summed E-state index contributed by atoms with van der Waals surface area (Å²) in [6, 6.07) is 4.28. The smallest absolute Gasteiger partial charge is 0.263 e. The first-order valence-corrected chi connectivity index (χ1v) is 8.44. The van der Waals surface area contributed by atoms with Gasteiger partial charge in [-0.3, -0.25) is 4.72 Å². The molecule has 3 N–H and O–H groups in total. The van der Waals surface area contributed by atoms with E-state index in [1.54, 1.807) is 7.05 Å². The SMILES string of the molecule is CNCc1cc(S(=O)(=O)Nc2cc(Cl)c(Cl)cc2Cl)c[nH]1. The summed E-state index contributed by atoms with van der Waals surface area (Å²) in [6.45, 7) is 0.531. The van der Waals surface area contributed by atoms with Crippen molar-refractivity contribution in [3.05, 3.63) is 45.2 Å². The van der Waals surface area contributed by atoms with Crippen molar-refractivity contribution in [2.75, 3.05) is 11.8 Å². The van der Waals surface area contributed by atoms with Crippen LogP contribution in [-0.4, -0.2) is 20.4 Å². The minimum absolute atomic E-state index is 0.106. The predicted molar refractivity (Wildman–Crippen MR) is 85.8 cm³/mol. The van der Waals surface area contributed by atoms with Gasteiger partial charge in [-0.1, -0.05) is 34.8 Å². The number of halogens is 3. The maximum atomic E-state index is 12.3. The molecular formula is C12H12Cl3N3O2S. The number of aromatic nitrogens is 1. The van der Waals surface area contributed by atoms with Crippen LogP contribution in [0.3, 0.4) is 0 Å². The predicted octanol–water partition coefficient (Wildman–Crippen LogP) is 3.50. The lowest BCUT2D eigenvalue weighted by atomic mass is 10.3. The van der Waals surface area contributed by atoms with Crippen LogP contribution < -0.4 is 10.0 Å². The third-order valence-electron chi connectivity index (χ3n) is 2.65. The molecule has 2 rings (SSSR count). The zero-order valence-corrected chi connectivity index (χ0v) is 14.0. The molecule has 5 nitrogen and oxygen atoms in total. The van der Waals surface area contributed by atoms with Gasteiger partial charge in [-0.15, -0.1) is 0 Å². The second-order valence-electron chi connectivity index (χ2n) is 4.24. The number of anilines is 1. The lowest BCUT2D eigenvalue weighted by Crippen LogP contribution is -2.12. The van der Waals surface area contributed by atoms with E-state index in [0.717, 1.165) is 5.69 Å². The molecule has 1 aromatic carbocycles. The fraction of sp³-hybridized carbons (Fsp3) is 0.167. The molecular weight excluding hydrogens is 357 g/mol. The molecule has 0 bridgehead atoms. The summed E-state index contributed by atoms with van der Waals surface area (Å²) in [7, 11) is -1.99. The van der Waals surface area contributed by atoms with E-state index in [1.807, 2.05) is 0 Å². The summed E-state index contributed by atoms with van der Waals surface area (Å²) in [6.07, 6.45) is 1.40. The average molecular weight is 369 g/mol. The minimum Gasteiger partial charge on any atom is -0.363 e. The van der Waals surface area contributed by atoms with E-state index in [4.69, 9.17) is 34.8 Å². The van der Waals surface area contributed by atoms with E-state index < -0.39 is 10.0 Å². The Morgan fingerprint density at radius 3 is 2.43 bits per heavy atom. The number of nitrogens with one attached hydrogen (secondary N) is 3. The van der Waals surface area contributed by atoms with Crippen molar-refractivity contribution in [1.82, 2.24) is 10.3 Å². The number of rotatable bonds is 5. The van der Waals surface area contributed by atoms with E-state index in [0.29, 0.717) is 6.54 Å². The fourth-order valence-corrected chi connectivity index (χ4v) is 3.41. The summed E-state index contributed by atoms with van der Waals surface area (Å²) < 4.78 is 26.9. The molecule has 0 radical (unpaired) electrons. The number of hydrogen-bond donors (Lipinski definition) is 3. The van der Waals surface area contributed by atoms with Gasteiger partial charge in [0.05, 0.1) is 20.8 Å². The molecule has 114 valence electrons. The Morgan fingerprint density at radius 1 is 1.10 bits per heavy atom. The van der Waals surface area contributed by atoms with Crippen LogP contribution >= 0.6 is 34.8 Å². The molecule has 21 heavy (non-hydrogen) atoms. The molecule has 0 unspecified atom stereocenters. The molecule has 0 amide bonds. The van der Waals surface area contributed by atoms with Gasteiger partial charge in [0.2, 0.25) is 0 Å². The molecule has 0 saturated carbocycles. The molecule has 1 heterocycles. The van der Waals surface area contributed by atoms with Crippen LogP contribution in [0.5, 0.6) is 0 Å². The first-order chi connectivity index (χ1) is 9.83. The van der Waals surface area contributed by atoms with Crippen molar-refractivity contribution in [1.29, 1.82) is 0 Å². The summed E-state index contributed by atoms with van der Waals surface area (Å²) >= 11 is 17.6. The lowest BCUT2D eigenvalue weighted by molar-refractivity contribution is 0.601. The lowest BCUT2D eigenvalue weighted by Gasteiger charge is -2.09. The first-order valence-electron chi connectivity index (χ1n) is 5.83. The number of benzene rings is 1. The van der Waals surface area contributed by atoms with Gasteiger partial charge in [0, 0.05) is 18.4 Å². The monoisotopic (exact) mass is 367 g/mol. The molecule has 2 aromatic rings. The van der Waals surface area contributed by atoms with Crippen molar-refractivity contribution >= 4 is 50.5 Å².